The molecule has 3 rings (SSSR count). The summed E-state index contributed by atoms with van der Waals surface area (Å²) >= 11 is 0.888. The van der Waals surface area contributed by atoms with Crippen LogP contribution in [0.3, 0.4) is 0 Å². The Kier molecular flexibility index (Phi) is 5.49. The Labute approximate surface area is 168 Å². The molecule has 1 saturated heterocycles. The van der Waals surface area contributed by atoms with E-state index in [-0.39, 0.29) is 17.1 Å². The van der Waals surface area contributed by atoms with Crippen molar-refractivity contribution in [2.24, 2.45) is 5.73 Å². The molecule has 2 aromatic rings. The predicted octanol–water partition coefficient (Wildman–Crippen LogP) is 1.29. The van der Waals surface area contributed by atoms with Gasteiger partial charge in [-0.05, 0) is 12.1 Å². The SMILES string of the molecule is CN1CC[C@@](O)(C#Cc2cccc(-c3nc(C(N)=O)c(NC(=O)OF)s3)c2)C1=O. The molecule has 1 aliphatic rings. The third kappa shape index (κ3) is 4.18. The van der Waals surface area contributed by atoms with Crippen molar-refractivity contribution in [3.63, 3.8) is 0 Å². The van der Waals surface area contributed by atoms with Gasteiger partial charge in [-0.2, -0.15) is 0 Å². The van der Waals surface area contributed by atoms with E-state index in [0.717, 1.165) is 11.3 Å². The maximum Gasteiger partial charge on any atom is 0.449 e. The highest BCUT2D eigenvalue weighted by Gasteiger charge is 2.42. The minimum atomic E-state index is -1.73. The van der Waals surface area contributed by atoms with Gasteiger partial charge in [0.2, 0.25) is 5.60 Å². The van der Waals surface area contributed by atoms with Crippen LogP contribution in [-0.4, -0.2) is 52.1 Å². The average Bonchev–Trinajstić information content (AvgIpc) is 3.24. The molecule has 0 saturated carbocycles. The smallest absolute Gasteiger partial charge is 0.369 e. The highest BCUT2D eigenvalue weighted by molar-refractivity contribution is 7.19. The van der Waals surface area contributed by atoms with Gasteiger partial charge in [-0.25, -0.2) is 14.7 Å². The maximum atomic E-state index is 12.0. The van der Waals surface area contributed by atoms with Gasteiger partial charge < -0.3 is 15.7 Å². The molecule has 150 valence electrons. The van der Waals surface area contributed by atoms with E-state index in [0.29, 0.717) is 22.7 Å². The molecule has 0 aliphatic carbocycles. The summed E-state index contributed by atoms with van der Waals surface area (Å²) in [6.45, 7) is 0.413. The van der Waals surface area contributed by atoms with Crippen LogP contribution in [0.4, 0.5) is 14.3 Å². The maximum absolute atomic E-state index is 12.0. The number of nitrogens with one attached hydrogen (secondary N) is 1. The van der Waals surface area contributed by atoms with Crippen molar-refractivity contribution in [1.29, 1.82) is 0 Å². The van der Waals surface area contributed by atoms with Gasteiger partial charge in [-0.3, -0.25) is 14.9 Å². The largest absolute Gasteiger partial charge is 0.449 e. The number of amides is 3. The molecular formula is C18H15FN4O5S. The van der Waals surface area contributed by atoms with Crippen LogP contribution < -0.4 is 11.1 Å². The second-order valence-corrected chi connectivity index (χ2v) is 7.22. The number of likely N-dealkylation sites (N-methyl/N-ethyl adjacent to an activating group) is 1. The first-order chi connectivity index (χ1) is 13.7. The van der Waals surface area contributed by atoms with Crippen LogP contribution in [0.5, 0.6) is 0 Å². The normalized spacial score (nSPS) is 18.2. The van der Waals surface area contributed by atoms with Crippen LogP contribution in [0, 0.1) is 11.8 Å². The number of hydrogen-bond acceptors (Lipinski definition) is 7. The van der Waals surface area contributed by atoms with Crippen LogP contribution in [0.1, 0.15) is 22.5 Å². The molecule has 1 aliphatic heterocycles. The van der Waals surface area contributed by atoms with Crippen molar-refractivity contribution >= 4 is 34.2 Å². The summed E-state index contributed by atoms with van der Waals surface area (Å²) in [6.07, 6.45) is -1.20. The first-order valence-electron chi connectivity index (χ1n) is 8.25. The Bertz CT molecular complexity index is 1060. The molecule has 2 heterocycles. The molecule has 0 unspecified atom stereocenters. The summed E-state index contributed by atoms with van der Waals surface area (Å²) < 4.78 is 12.0. The standard InChI is InChI=1S/C18H15FN4O5S/c1-23-8-7-18(27,16(23)25)6-5-10-3-2-4-11(9-10)14-21-12(13(20)24)15(29-14)22-17(26)28-19/h2-4,9,27H,7-8H2,1H3,(H2,20,24)(H,22,26)/t18-/m0/s1. The predicted molar refractivity (Wildman–Crippen MR) is 101 cm³/mol. The molecule has 4 N–H and O–H groups in total. The van der Waals surface area contributed by atoms with E-state index in [1.807, 2.05) is 5.32 Å². The highest BCUT2D eigenvalue weighted by atomic mass is 32.1. The molecule has 1 fully saturated rings. The molecule has 1 aromatic heterocycles. The van der Waals surface area contributed by atoms with E-state index < -0.39 is 23.5 Å². The van der Waals surface area contributed by atoms with E-state index in [1.165, 1.54) is 4.90 Å². The van der Waals surface area contributed by atoms with E-state index in [4.69, 9.17) is 5.73 Å². The summed E-state index contributed by atoms with van der Waals surface area (Å²) in [4.78, 5) is 43.1. The van der Waals surface area contributed by atoms with Crippen molar-refractivity contribution in [3.8, 4) is 22.4 Å². The van der Waals surface area contributed by atoms with Gasteiger partial charge in [0.05, 0.1) is 0 Å². The third-order valence-electron chi connectivity index (χ3n) is 4.18. The fraction of sp³-hybridized carbons (Fsp3) is 0.222. The fourth-order valence-corrected chi connectivity index (χ4v) is 3.63. The van der Waals surface area contributed by atoms with Crippen LogP contribution in [0.15, 0.2) is 24.3 Å². The fourth-order valence-electron chi connectivity index (χ4n) is 2.68. The number of nitrogens with zero attached hydrogens (tertiary/aromatic N) is 2. The zero-order valence-corrected chi connectivity index (χ0v) is 15.9. The molecule has 1 atom stereocenters. The molecule has 3 amide bonds. The van der Waals surface area contributed by atoms with E-state index in [2.05, 4.69) is 21.8 Å². The topological polar surface area (TPSA) is 135 Å². The molecule has 1 aromatic carbocycles. The highest BCUT2D eigenvalue weighted by Crippen LogP contribution is 2.32. The number of carbonyl (C=O) groups is 3. The Morgan fingerprint density at radius 1 is 1.48 bits per heavy atom. The van der Waals surface area contributed by atoms with Gasteiger partial charge in [-0.1, -0.05) is 35.3 Å². The van der Waals surface area contributed by atoms with Crippen molar-refractivity contribution < 1.29 is 29.0 Å². The Morgan fingerprint density at radius 2 is 2.24 bits per heavy atom. The molecular weight excluding hydrogens is 403 g/mol. The lowest BCUT2D eigenvalue weighted by atomic mass is 10.0. The second-order valence-electron chi connectivity index (χ2n) is 6.22. The molecule has 9 nitrogen and oxygen atoms in total. The van der Waals surface area contributed by atoms with Crippen molar-refractivity contribution in [3.05, 3.63) is 35.5 Å². The minimum Gasteiger partial charge on any atom is -0.369 e. The molecule has 29 heavy (non-hydrogen) atoms. The minimum absolute atomic E-state index is 0.0689. The lowest BCUT2D eigenvalue weighted by Gasteiger charge is -2.13. The van der Waals surface area contributed by atoms with Gasteiger partial charge in [0, 0.05) is 35.7 Å². The van der Waals surface area contributed by atoms with Crippen LogP contribution in [0.2, 0.25) is 0 Å². The number of carbonyl (C=O) groups excluding carboxylic acids is 3. The van der Waals surface area contributed by atoms with Crippen LogP contribution >= 0.6 is 11.3 Å². The first kappa shape index (κ1) is 20.2. The van der Waals surface area contributed by atoms with Gasteiger partial charge in [0.15, 0.2) is 5.69 Å². The Morgan fingerprint density at radius 3 is 2.86 bits per heavy atom. The van der Waals surface area contributed by atoms with E-state index >= 15 is 0 Å². The lowest BCUT2D eigenvalue weighted by Crippen LogP contribution is -2.37. The number of likely N-dealkylation sites (tertiary alicyclic amines) is 1. The summed E-state index contributed by atoms with van der Waals surface area (Å²) in [5, 5.41) is 12.7. The van der Waals surface area contributed by atoms with Crippen LogP contribution in [0.25, 0.3) is 10.6 Å². The number of anilines is 1. The van der Waals surface area contributed by atoms with Gasteiger partial charge >= 0.3 is 6.09 Å². The quantitative estimate of drug-likeness (QED) is 0.643. The summed E-state index contributed by atoms with van der Waals surface area (Å²) in [5.74, 6) is 4.01. The Balaban J connectivity index is 1.92. The molecule has 0 bridgehead atoms. The zero-order valence-electron chi connectivity index (χ0n) is 15.1. The number of aliphatic hydroxyl groups is 1. The number of aromatic nitrogens is 1. The summed E-state index contributed by atoms with van der Waals surface area (Å²) in [5.41, 5.74) is 4.29. The first-order valence-corrected chi connectivity index (χ1v) is 9.07. The van der Waals surface area contributed by atoms with Crippen molar-refractivity contribution in [2.45, 2.75) is 12.0 Å². The molecule has 0 spiro atoms. The second kappa shape index (κ2) is 7.86. The number of thiazole rings is 1. The number of benzene rings is 1. The molecule has 0 radical (unpaired) electrons. The van der Waals surface area contributed by atoms with Gasteiger partial charge in [0.1, 0.15) is 10.0 Å². The third-order valence-corrected chi connectivity index (χ3v) is 5.20. The number of rotatable bonds is 3. The van der Waals surface area contributed by atoms with Crippen LogP contribution in [-0.2, 0) is 9.74 Å². The van der Waals surface area contributed by atoms with E-state index in [1.54, 1.807) is 31.3 Å². The van der Waals surface area contributed by atoms with Crippen molar-refractivity contribution in [1.82, 2.24) is 9.88 Å². The number of primary amides is 1. The lowest BCUT2D eigenvalue weighted by molar-refractivity contribution is -0.137. The zero-order chi connectivity index (χ0) is 21.2. The van der Waals surface area contributed by atoms with Gasteiger partial charge in [-0.15, -0.1) is 0 Å². The summed E-state index contributed by atoms with van der Waals surface area (Å²) in [6, 6.07) is 6.64. The number of nitrogens with two attached hydrogens (primary N) is 1. The number of halogens is 1. The molecule has 11 heteroatoms. The average molecular weight is 418 g/mol. The Hall–Kier alpha value is -3.49. The monoisotopic (exact) mass is 418 g/mol. The summed E-state index contributed by atoms with van der Waals surface area (Å²) in [7, 11) is 1.59. The van der Waals surface area contributed by atoms with Gasteiger partial charge in [0.25, 0.3) is 11.8 Å². The number of hydrogen-bond donors (Lipinski definition) is 3. The van der Waals surface area contributed by atoms with Crippen molar-refractivity contribution in [2.75, 3.05) is 18.9 Å². The van der Waals surface area contributed by atoms with E-state index in [9.17, 15) is 24.0 Å².